The number of hydrogen-bond donors (Lipinski definition) is 0. The van der Waals surface area contributed by atoms with Crippen molar-refractivity contribution in [3.63, 3.8) is 0 Å². The van der Waals surface area contributed by atoms with E-state index in [0.29, 0.717) is 0 Å². The van der Waals surface area contributed by atoms with E-state index in [-0.39, 0.29) is 40.6 Å². The first-order chi connectivity index (χ1) is 11.2. The molecule has 0 rings (SSSR count). The van der Waals surface area contributed by atoms with Gasteiger partial charge >= 0.3 is 8.80 Å². The third-order valence-electron chi connectivity index (χ3n) is 1.35. The van der Waals surface area contributed by atoms with Gasteiger partial charge in [-0.1, -0.05) is 89.5 Å². The Labute approximate surface area is 186 Å². The molecule has 0 fully saturated rings. The normalized spacial score (nSPS) is 7.93. The van der Waals surface area contributed by atoms with Crippen molar-refractivity contribution in [3.05, 3.63) is 0 Å². The molecule has 0 unspecified atom stereocenters. The van der Waals surface area contributed by atoms with Crippen LogP contribution in [0.1, 0.15) is 119 Å². The molecule has 0 aliphatic rings. The average molecular weight is 453 g/mol. The lowest BCUT2D eigenvalue weighted by molar-refractivity contribution is 0.00885. The van der Waals surface area contributed by atoms with Gasteiger partial charge in [-0.3, -0.25) is 0 Å². The van der Waals surface area contributed by atoms with Crippen LogP contribution >= 0.6 is 8.02 Å². The van der Waals surface area contributed by atoms with Crippen LogP contribution in [0, 0.1) is 0 Å². The quantitative estimate of drug-likeness (QED) is 0.296. The summed E-state index contributed by atoms with van der Waals surface area (Å²) in [5.41, 5.74) is 0. The molecule has 0 aromatic rings. The second kappa shape index (κ2) is 50.4. The van der Waals surface area contributed by atoms with E-state index < -0.39 is 8.80 Å². The molecule has 0 bridgehead atoms. The van der Waals surface area contributed by atoms with E-state index in [1.807, 2.05) is 103 Å². The van der Waals surface area contributed by atoms with Crippen LogP contribution in [-0.2, 0) is 25.1 Å². The van der Waals surface area contributed by atoms with Gasteiger partial charge in [0, 0.05) is 24.9 Å². The summed E-state index contributed by atoms with van der Waals surface area (Å²) in [5, 5.41) is 0. The Bertz CT molecular complexity index is 158. The largest absolute Gasteiger partial charge is 0.498 e. The van der Waals surface area contributed by atoms with Crippen molar-refractivity contribution >= 4 is 28.6 Å². The molecule has 27 heavy (non-hydrogen) atoms. The Morgan fingerprint density at radius 1 is 0.519 bits per heavy atom. The van der Waals surface area contributed by atoms with Crippen molar-refractivity contribution < 1.29 is 13.3 Å². The summed E-state index contributed by atoms with van der Waals surface area (Å²) >= 11 is 3.89. The molecule has 0 aromatic carbocycles. The molecular formula is C21H61O3PSSi. The lowest BCUT2D eigenvalue weighted by Crippen LogP contribution is -2.47. The molecule has 3 nitrogen and oxygen atoms in total. The summed E-state index contributed by atoms with van der Waals surface area (Å²) in [7, 11) is 0.117. The molecular weight excluding hydrogens is 391 g/mol. The predicted octanol–water partition coefficient (Wildman–Crippen LogP) is 9.43. The molecule has 0 radical (unpaired) electrons. The Kier molecular flexibility index (Phi) is 105. The van der Waals surface area contributed by atoms with Crippen LogP contribution in [0.4, 0.5) is 0 Å². The minimum atomic E-state index is -2.44. The lowest BCUT2D eigenvalue weighted by atomic mass is 10.5. The Morgan fingerprint density at radius 2 is 0.630 bits per heavy atom. The molecule has 0 aromatic heterocycles. The molecule has 6 heteroatoms. The van der Waals surface area contributed by atoms with Gasteiger partial charge in [0.1, 0.15) is 0 Å². The van der Waals surface area contributed by atoms with Crippen molar-refractivity contribution in [2.75, 3.05) is 0 Å². The van der Waals surface area contributed by atoms with E-state index in [1.54, 1.807) is 0 Å². The topological polar surface area (TPSA) is 27.7 Å². The van der Waals surface area contributed by atoms with Crippen molar-refractivity contribution in [3.8, 4) is 0 Å². The molecule has 178 valence electrons. The Balaban J connectivity index is -0.0000000309. The highest BCUT2D eigenvalue weighted by Crippen LogP contribution is 2.16. The predicted molar refractivity (Wildman–Crippen MR) is 142 cm³/mol. The molecule has 0 amide bonds. The van der Waals surface area contributed by atoms with Crippen LogP contribution in [-0.4, -0.2) is 27.1 Å². The maximum Gasteiger partial charge on any atom is 0.498 e. The van der Waals surface area contributed by atoms with Crippen LogP contribution < -0.4 is 0 Å². The smallest absolute Gasteiger partial charge is 0.371 e. The van der Waals surface area contributed by atoms with Crippen LogP contribution in [0.5, 0.6) is 0 Å². The minimum absolute atomic E-state index is 0. The van der Waals surface area contributed by atoms with E-state index >= 15 is 0 Å². The van der Waals surface area contributed by atoms with E-state index in [9.17, 15) is 0 Å². The lowest BCUT2D eigenvalue weighted by Gasteiger charge is -2.31. The molecule has 0 aliphatic carbocycles. The first-order valence-corrected chi connectivity index (χ1v) is 13.3. The third-order valence-corrected chi connectivity index (χ3v) is 4.05. The molecule has 0 heterocycles. The number of rotatable bonds is 6. The molecule has 0 N–H and O–H groups in total. The van der Waals surface area contributed by atoms with E-state index in [4.69, 9.17) is 13.3 Å². The highest BCUT2D eigenvalue weighted by atomic mass is 32.4. The molecule has 0 spiro atoms. The zero-order valence-electron chi connectivity index (χ0n) is 19.4. The summed E-state index contributed by atoms with van der Waals surface area (Å²) in [6, 6.07) is 0. The van der Waals surface area contributed by atoms with Gasteiger partial charge in [-0.15, -0.1) is 0 Å². The van der Waals surface area contributed by atoms with Crippen molar-refractivity contribution in [2.45, 2.75) is 144 Å². The summed E-state index contributed by atoms with van der Waals surface area (Å²) in [4.78, 5) is 0. The second-order valence-corrected chi connectivity index (χ2v) is 6.79. The first kappa shape index (κ1) is 56.5. The maximum atomic E-state index is 5.75. The standard InChI is InChI=1S/C10H24O3Si.4C2H6.3CH4.HPS/c1-8(2)11-14(7,12-9(3)4)13-10(5)6;4*1-2;;;;1-2/h8-10H,1-7H3;4*1-2H3;3*1H4;1H. The van der Waals surface area contributed by atoms with Gasteiger partial charge in [0.25, 0.3) is 0 Å². The molecule has 0 saturated carbocycles. The van der Waals surface area contributed by atoms with E-state index in [1.165, 1.54) is 0 Å². The fourth-order valence-corrected chi connectivity index (χ4v) is 4.10. The zero-order valence-corrected chi connectivity index (χ0v) is 22.2. The maximum absolute atomic E-state index is 5.75. The van der Waals surface area contributed by atoms with Crippen molar-refractivity contribution in [1.82, 2.24) is 0 Å². The average Bonchev–Trinajstić information content (AvgIpc) is 2.54. The van der Waals surface area contributed by atoms with Crippen molar-refractivity contribution in [1.29, 1.82) is 0 Å². The fraction of sp³-hybridized carbons (Fsp3) is 1.00. The second-order valence-electron chi connectivity index (χ2n) is 4.36. The van der Waals surface area contributed by atoms with Crippen LogP contribution in [0.2, 0.25) is 6.55 Å². The highest BCUT2D eigenvalue weighted by molar-refractivity contribution is 7.88. The minimum Gasteiger partial charge on any atom is -0.371 e. The zero-order chi connectivity index (χ0) is 21.4. The van der Waals surface area contributed by atoms with Crippen LogP contribution in [0.15, 0.2) is 0 Å². The Hall–Kier alpha value is 0.617. The van der Waals surface area contributed by atoms with Crippen LogP contribution in [0.3, 0.4) is 0 Å². The first-order valence-electron chi connectivity index (χ1n) is 9.49. The SMILES string of the molecule is C.C.C.CC.CC.CC.CC.CC(C)O[Si](C)(OC(C)C)OC(C)C.P=S. The van der Waals surface area contributed by atoms with Gasteiger partial charge in [-0.2, -0.15) is 0 Å². The van der Waals surface area contributed by atoms with Gasteiger partial charge in [0.2, 0.25) is 0 Å². The summed E-state index contributed by atoms with van der Waals surface area (Å²) in [5.74, 6) is 0. The Morgan fingerprint density at radius 3 is 0.704 bits per heavy atom. The molecule has 0 aliphatic heterocycles. The number of hydrogen-bond acceptors (Lipinski definition) is 4. The summed E-state index contributed by atoms with van der Waals surface area (Å²) in [6.45, 7) is 29.9. The van der Waals surface area contributed by atoms with Gasteiger partial charge in [-0.25, -0.2) is 0 Å². The van der Waals surface area contributed by atoms with Gasteiger partial charge in [-0.05, 0) is 49.6 Å². The van der Waals surface area contributed by atoms with E-state index in [2.05, 4.69) is 19.8 Å². The monoisotopic (exact) mass is 452 g/mol. The summed E-state index contributed by atoms with van der Waals surface area (Å²) < 4.78 is 17.3. The van der Waals surface area contributed by atoms with Crippen LogP contribution in [0.25, 0.3) is 0 Å². The van der Waals surface area contributed by atoms with Gasteiger partial charge < -0.3 is 13.3 Å². The van der Waals surface area contributed by atoms with Gasteiger partial charge in [0.05, 0.1) is 0 Å². The van der Waals surface area contributed by atoms with Crippen molar-refractivity contribution in [2.24, 2.45) is 0 Å². The third kappa shape index (κ3) is 66.1. The summed E-state index contributed by atoms with van der Waals surface area (Å²) in [6.07, 6.45) is 0.428. The fourth-order valence-electron chi connectivity index (χ4n) is 1.37. The van der Waals surface area contributed by atoms with Gasteiger partial charge in [0.15, 0.2) is 0 Å². The highest BCUT2D eigenvalue weighted by Gasteiger charge is 2.38. The molecule has 0 atom stereocenters. The molecule has 0 saturated heterocycles. The van der Waals surface area contributed by atoms with E-state index in [0.717, 1.165) is 0 Å².